The van der Waals surface area contributed by atoms with Crippen LogP contribution in [0.15, 0.2) is 4.52 Å². The first-order chi connectivity index (χ1) is 9.24. The summed E-state index contributed by atoms with van der Waals surface area (Å²) in [7, 11) is 0. The van der Waals surface area contributed by atoms with Gasteiger partial charge in [0.25, 0.3) is 0 Å². The maximum atomic E-state index is 5.93. The van der Waals surface area contributed by atoms with Crippen molar-refractivity contribution in [2.75, 3.05) is 0 Å². The third-order valence-corrected chi connectivity index (χ3v) is 4.39. The second-order valence-corrected chi connectivity index (χ2v) is 5.87. The average molecular weight is 265 g/mol. The third-order valence-electron chi connectivity index (χ3n) is 4.39. The molecule has 1 unspecified atom stereocenters. The molecule has 0 bridgehead atoms. The molecule has 1 aliphatic carbocycles. The van der Waals surface area contributed by atoms with Gasteiger partial charge in [-0.3, -0.25) is 0 Å². The Kier molecular flexibility index (Phi) is 5.37. The molecule has 1 heterocycles. The molecule has 1 fully saturated rings. The molecule has 108 valence electrons. The molecule has 1 aromatic heterocycles. The van der Waals surface area contributed by atoms with Crippen molar-refractivity contribution in [2.45, 2.75) is 77.2 Å². The third kappa shape index (κ3) is 3.78. The Labute approximate surface area is 116 Å². The molecule has 4 heteroatoms. The quantitative estimate of drug-likeness (QED) is 0.846. The monoisotopic (exact) mass is 265 g/mol. The molecule has 0 aliphatic heterocycles. The molecule has 1 aromatic rings. The lowest BCUT2D eigenvalue weighted by atomic mass is 9.80. The van der Waals surface area contributed by atoms with E-state index in [-0.39, 0.29) is 6.04 Å². The summed E-state index contributed by atoms with van der Waals surface area (Å²) in [4.78, 5) is 4.49. The number of hydrogen-bond acceptors (Lipinski definition) is 4. The normalized spacial score (nSPS) is 25.4. The molecule has 1 saturated carbocycles. The second kappa shape index (κ2) is 7.04. The van der Waals surface area contributed by atoms with Crippen molar-refractivity contribution in [3.63, 3.8) is 0 Å². The summed E-state index contributed by atoms with van der Waals surface area (Å²) in [6.45, 7) is 4.31. The van der Waals surface area contributed by atoms with Gasteiger partial charge in [-0.25, -0.2) is 0 Å². The summed E-state index contributed by atoms with van der Waals surface area (Å²) in [5, 5.41) is 4.02. The van der Waals surface area contributed by atoms with E-state index in [1.54, 1.807) is 0 Å². The van der Waals surface area contributed by atoms with Crippen LogP contribution < -0.4 is 5.73 Å². The molecule has 0 radical (unpaired) electrons. The van der Waals surface area contributed by atoms with E-state index in [1.807, 2.05) is 6.92 Å². The van der Waals surface area contributed by atoms with Gasteiger partial charge in [-0.2, -0.15) is 4.98 Å². The molecule has 19 heavy (non-hydrogen) atoms. The van der Waals surface area contributed by atoms with Crippen molar-refractivity contribution in [3.8, 4) is 0 Å². The van der Waals surface area contributed by atoms with E-state index in [2.05, 4.69) is 17.1 Å². The molecular formula is C15H27N3O. The van der Waals surface area contributed by atoms with Crippen LogP contribution in [0.3, 0.4) is 0 Å². The number of nitrogens with zero attached hydrogens (tertiary/aromatic N) is 2. The smallest absolute Gasteiger partial charge is 0.229 e. The summed E-state index contributed by atoms with van der Waals surface area (Å²) in [6.07, 6.45) is 9.91. The Hall–Kier alpha value is -0.900. The number of hydrogen-bond donors (Lipinski definition) is 1. The molecule has 2 N–H and O–H groups in total. The highest BCUT2D eigenvalue weighted by molar-refractivity contribution is 4.99. The van der Waals surface area contributed by atoms with Crippen LogP contribution in [-0.2, 0) is 0 Å². The van der Waals surface area contributed by atoms with Crippen molar-refractivity contribution in [2.24, 2.45) is 11.7 Å². The Morgan fingerprint density at radius 2 is 2.00 bits per heavy atom. The first kappa shape index (κ1) is 14.5. The first-order valence-corrected chi connectivity index (χ1v) is 7.83. The van der Waals surface area contributed by atoms with E-state index in [1.165, 1.54) is 44.9 Å². The van der Waals surface area contributed by atoms with Crippen LogP contribution in [0.1, 0.15) is 88.9 Å². The lowest BCUT2D eigenvalue weighted by Gasteiger charge is -2.26. The van der Waals surface area contributed by atoms with Gasteiger partial charge in [0, 0.05) is 5.92 Å². The summed E-state index contributed by atoms with van der Waals surface area (Å²) in [5.41, 5.74) is 5.93. The van der Waals surface area contributed by atoms with Gasteiger partial charge >= 0.3 is 0 Å². The van der Waals surface area contributed by atoms with Crippen LogP contribution in [0.25, 0.3) is 0 Å². The zero-order valence-corrected chi connectivity index (χ0v) is 12.3. The second-order valence-electron chi connectivity index (χ2n) is 5.87. The van der Waals surface area contributed by atoms with Crippen LogP contribution >= 0.6 is 0 Å². The Morgan fingerprint density at radius 3 is 2.63 bits per heavy atom. The predicted octanol–water partition coefficient (Wildman–Crippen LogP) is 3.94. The van der Waals surface area contributed by atoms with E-state index in [4.69, 9.17) is 10.3 Å². The largest absolute Gasteiger partial charge is 0.339 e. The standard InChI is InChI=1S/C15H27N3O/c1-3-5-6-11-7-9-12(10-8-11)15-17-14(18-19-15)13(16)4-2/h11-13H,3-10,16H2,1-2H3. The molecule has 4 nitrogen and oxygen atoms in total. The van der Waals surface area contributed by atoms with Crippen molar-refractivity contribution in [1.82, 2.24) is 10.1 Å². The lowest BCUT2D eigenvalue weighted by Crippen LogP contribution is -2.14. The minimum atomic E-state index is -0.0848. The first-order valence-electron chi connectivity index (χ1n) is 7.83. The molecule has 0 spiro atoms. The highest BCUT2D eigenvalue weighted by Gasteiger charge is 2.26. The molecule has 0 aromatic carbocycles. The topological polar surface area (TPSA) is 64.9 Å². The van der Waals surface area contributed by atoms with E-state index in [0.29, 0.717) is 11.7 Å². The Morgan fingerprint density at radius 1 is 1.26 bits per heavy atom. The average Bonchev–Trinajstić information content (AvgIpc) is 2.94. The van der Waals surface area contributed by atoms with Gasteiger partial charge in [0.1, 0.15) is 0 Å². The Balaban J connectivity index is 1.85. The van der Waals surface area contributed by atoms with Crippen LogP contribution in [-0.4, -0.2) is 10.1 Å². The van der Waals surface area contributed by atoms with Gasteiger partial charge in [0.15, 0.2) is 5.82 Å². The zero-order chi connectivity index (χ0) is 13.7. The number of rotatable bonds is 6. The minimum absolute atomic E-state index is 0.0848. The highest BCUT2D eigenvalue weighted by Crippen LogP contribution is 2.37. The molecule has 0 saturated heterocycles. The van der Waals surface area contributed by atoms with Gasteiger partial charge in [-0.05, 0) is 38.0 Å². The summed E-state index contributed by atoms with van der Waals surface area (Å²) in [6, 6.07) is -0.0848. The van der Waals surface area contributed by atoms with Gasteiger partial charge in [-0.15, -0.1) is 0 Å². The van der Waals surface area contributed by atoms with Crippen LogP contribution in [0.2, 0.25) is 0 Å². The van der Waals surface area contributed by atoms with Crippen LogP contribution in [0.4, 0.5) is 0 Å². The van der Waals surface area contributed by atoms with Crippen molar-refractivity contribution in [3.05, 3.63) is 11.7 Å². The van der Waals surface area contributed by atoms with Gasteiger partial charge in [-0.1, -0.05) is 38.3 Å². The van der Waals surface area contributed by atoms with E-state index in [9.17, 15) is 0 Å². The van der Waals surface area contributed by atoms with Crippen LogP contribution in [0.5, 0.6) is 0 Å². The zero-order valence-electron chi connectivity index (χ0n) is 12.3. The van der Waals surface area contributed by atoms with Gasteiger partial charge < -0.3 is 10.3 Å². The highest BCUT2D eigenvalue weighted by atomic mass is 16.5. The maximum absolute atomic E-state index is 5.93. The molecule has 2 rings (SSSR count). The van der Waals surface area contributed by atoms with E-state index < -0.39 is 0 Å². The minimum Gasteiger partial charge on any atom is -0.339 e. The fourth-order valence-electron chi connectivity index (χ4n) is 2.94. The molecule has 0 amide bonds. The van der Waals surface area contributed by atoms with Crippen molar-refractivity contribution < 1.29 is 4.52 Å². The van der Waals surface area contributed by atoms with E-state index >= 15 is 0 Å². The number of unbranched alkanes of at least 4 members (excludes halogenated alkanes) is 1. The number of nitrogens with two attached hydrogens (primary N) is 1. The summed E-state index contributed by atoms with van der Waals surface area (Å²) in [5.74, 6) is 2.86. The molecule has 1 atom stereocenters. The SMILES string of the molecule is CCCCC1CCC(c2nc(C(N)CC)no2)CC1. The van der Waals surface area contributed by atoms with E-state index in [0.717, 1.165) is 18.2 Å². The Bertz CT molecular complexity index is 369. The lowest BCUT2D eigenvalue weighted by molar-refractivity contribution is 0.259. The summed E-state index contributed by atoms with van der Waals surface area (Å²) >= 11 is 0. The fourth-order valence-corrected chi connectivity index (χ4v) is 2.94. The summed E-state index contributed by atoms with van der Waals surface area (Å²) < 4.78 is 5.40. The van der Waals surface area contributed by atoms with Crippen LogP contribution in [0, 0.1) is 5.92 Å². The van der Waals surface area contributed by atoms with Crippen molar-refractivity contribution in [1.29, 1.82) is 0 Å². The molecule has 1 aliphatic rings. The molecular weight excluding hydrogens is 238 g/mol. The van der Waals surface area contributed by atoms with Crippen molar-refractivity contribution >= 4 is 0 Å². The van der Waals surface area contributed by atoms with Gasteiger partial charge in [0.05, 0.1) is 6.04 Å². The fraction of sp³-hybridized carbons (Fsp3) is 0.867. The van der Waals surface area contributed by atoms with Gasteiger partial charge in [0.2, 0.25) is 5.89 Å². The maximum Gasteiger partial charge on any atom is 0.229 e. The predicted molar refractivity (Wildman–Crippen MR) is 75.7 cm³/mol. The number of aromatic nitrogens is 2.